The van der Waals surface area contributed by atoms with Crippen LogP contribution in [0.5, 0.6) is 0 Å². The number of aromatic carboxylic acids is 1. The van der Waals surface area contributed by atoms with E-state index in [0.717, 1.165) is 6.07 Å². The van der Waals surface area contributed by atoms with Gasteiger partial charge >= 0.3 is 5.97 Å². The molecule has 1 aromatic carbocycles. The molecule has 16 heavy (non-hydrogen) atoms. The van der Waals surface area contributed by atoms with Gasteiger partial charge in [-0.15, -0.1) is 0 Å². The van der Waals surface area contributed by atoms with Crippen LogP contribution in [0.4, 0.5) is 14.5 Å². The lowest BCUT2D eigenvalue weighted by molar-refractivity contribution is 0.0690. The highest BCUT2D eigenvalue weighted by Gasteiger charge is 2.34. The molecular weight excluding hydrogens is 218 g/mol. The zero-order valence-corrected chi connectivity index (χ0v) is 8.21. The maximum Gasteiger partial charge on any atom is 0.338 e. The number of carboxylic acids is 1. The molecule has 1 aliphatic rings. The van der Waals surface area contributed by atoms with Crippen molar-refractivity contribution in [2.24, 2.45) is 5.73 Å². The van der Waals surface area contributed by atoms with Gasteiger partial charge in [-0.2, -0.15) is 0 Å². The SMILES string of the molecule is NC1CC1Nc1ccc(C(=O)O)c(F)c1F. The molecule has 0 aromatic heterocycles. The minimum Gasteiger partial charge on any atom is -0.478 e. The summed E-state index contributed by atoms with van der Waals surface area (Å²) < 4.78 is 26.6. The second-order valence-electron chi connectivity index (χ2n) is 3.74. The number of anilines is 1. The molecular formula is C10H10F2N2O2. The van der Waals surface area contributed by atoms with Crippen molar-refractivity contribution in [3.05, 3.63) is 29.3 Å². The molecule has 0 radical (unpaired) electrons. The minimum absolute atomic E-state index is 0.0541. The number of nitrogens with two attached hydrogens (primary N) is 1. The molecule has 2 rings (SSSR count). The van der Waals surface area contributed by atoms with Gasteiger partial charge in [0, 0.05) is 12.1 Å². The fourth-order valence-electron chi connectivity index (χ4n) is 1.41. The van der Waals surface area contributed by atoms with Gasteiger partial charge in [0.2, 0.25) is 0 Å². The first-order valence-electron chi connectivity index (χ1n) is 4.74. The summed E-state index contributed by atoms with van der Waals surface area (Å²) in [6.07, 6.45) is 0.696. The van der Waals surface area contributed by atoms with Gasteiger partial charge in [-0.3, -0.25) is 0 Å². The minimum atomic E-state index is -1.49. The Hall–Kier alpha value is -1.69. The van der Waals surface area contributed by atoms with E-state index in [1.54, 1.807) is 0 Å². The summed E-state index contributed by atoms with van der Waals surface area (Å²) in [6, 6.07) is 2.11. The van der Waals surface area contributed by atoms with Crippen molar-refractivity contribution in [2.45, 2.75) is 18.5 Å². The fraction of sp³-hybridized carbons (Fsp3) is 0.300. The Balaban J connectivity index is 2.27. The van der Waals surface area contributed by atoms with Gasteiger partial charge in [-0.05, 0) is 18.6 Å². The summed E-state index contributed by atoms with van der Waals surface area (Å²) in [4.78, 5) is 10.5. The van der Waals surface area contributed by atoms with Crippen LogP contribution < -0.4 is 11.1 Å². The number of rotatable bonds is 3. The zero-order valence-electron chi connectivity index (χ0n) is 8.21. The first-order chi connectivity index (χ1) is 7.50. The van der Waals surface area contributed by atoms with Crippen molar-refractivity contribution in [3.63, 3.8) is 0 Å². The van der Waals surface area contributed by atoms with Crippen molar-refractivity contribution < 1.29 is 18.7 Å². The monoisotopic (exact) mass is 228 g/mol. The van der Waals surface area contributed by atoms with E-state index in [4.69, 9.17) is 10.8 Å². The van der Waals surface area contributed by atoms with Gasteiger partial charge in [0.25, 0.3) is 0 Å². The third-order valence-electron chi connectivity index (χ3n) is 2.49. The summed E-state index contributed by atoms with van der Waals surface area (Å²) >= 11 is 0. The third-order valence-corrected chi connectivity index (χ3v) is 2.49. The van der Waals surface area contributed by atoms with E-state index in [1.807, 2.05) is 0 Å². The lowest BCUT2D eigenvalue weighted by atomic mass is 10.2. The van der Waals surface area contributed by atoms with E-state index in [9.17, 15) is 13.6 Å². The van der Waals surface area contributed by atoms with Crippen molar-refractivity contribution in [2.75, 3.05) is 5.32 Å². The van der Waals surface area contributed by atoms with Crippen molar-refractivity contribution >= 4 is 11.7 Å². The Morgan fingerprint density at radius 1 is 1.44 bits per heavy atom. The average Bonchev–Trinajstić information content (AvgIpc) is 2.89. The molecule has 1 aliphatic carbocycles. The summed E-state index contributed by atoms with van der Waals surface area (Å²) in [7, 11) is 0. The molecule has 0 aliphatic heterocycles. The molecule has 1 fully saturated rings. The molecule has 4 N–H and O–H groups in total. The maximum absolute atomic E-state index is 13.4. The Morgan fingerprint density at radius 3 is 2.56 bits per heavy atom. The van der Waals surface area contributed by atoms with E-state index in [0.29, 0.717) is 6.42 Å². The van der Waals surface area contributed by atoms with Crippen molar-refractivity contribution in [1.29, 1.82) is 0 Å². The third kappa shape index (κ3) is 1.83. The normalized spacial score (nSPS) is 22.9. The van der Waals surface area contributed by atoms with E-state index in [-0.39, 0.29) is 17.8 Å². The molecule has 0 spiro atoms. The van der Waals surface area contributed by atoms with Crippen LogP contribution in [0.1, 0.15) is 16.8 Å². The number of nitrogens with one attached hydrogen (secondary N) is 1. The number of hydrogen-bond donors (Lipinski definition) is 3. The predicted octanol–water partition coefficient (Wildman–Crippen LogP) is 1.17. The number of benzene rings is 1. The van der Waals surface area contributed by atoms with Gasteiger partial charge in [0.1, 0.15) is 0 Å². The van der Waals surface area contributed by atoms with E-state index in [2.05, 4.69) is 5.32 Å². The Bertz CT molecular complexity index is 451. The van der Waals surface area contributed by atoms with Crippen LogP contribution in [-0.2, 0) is 0 Å². The molecule has 2 unspecified atom stereocenters. The van der Waals surface area contributed by atoms with Crippen molar-refractivity contribution in [1.82, 2.24) is 0 Å². The highest BCUT2D eigenvalue weighted by atomic mass is 19.2. The van der Waals surface area contributed by atoms with Gasteiger partial charge in [-0.25, -0.2) is 13.6 Å². The Labute approximate surface area is 90.1 Å². The molecule has 4 nitrogen and oxygen atoms in total. The van der Waals surface area contributed by atoms with Crippen LogP contribution in [0.3, 0.4) is 0 Å². The molecule has 0 heterocycles. The topological polar surface area (TPSA) is 75.3 Å². The number of hydrogen-bond acceptors (Lipinski definition) is 3. The quantitative estimate of drug-likeness (QED) is 0.726. The lowest BCUT2D eigenvalue weighted by Crippen LogP contribution is -2.15. The van der Waals surface area contributed by atoms with Gasteiger partial charge in [0.15, 0.2) is 11.6 Å². The average molecular weight is 228 g/mol. The highest BCUT2D eigenvalue weighted by Crippen LogP contribution is 2.27. The summed E-state index contributed by atoms with van der Waals surface area (Å²) in [5.74, 6) is -4.03. The summed E-state index contributed by atoms with van der Waals surface area (Å²) in [5, 5.41) is 11.3. The Kier molecular flexibility index (Phi) is 2.51. The lowest BCUT2D eigenvalue weighted by Gasteiger charge is -2.08. The molecule has 86 valence electrons. The summed E-state index contributed by atoms with van der Waals surface area (Å²) in [6.45, 7) is 0. The van der Waals surface area contributed by atoms with Crippen LogP contribution in [-0.4, -0.2) is 23.2 Å². The van der Waals surface area contributed by atoms with Gasteiger partial charge in [-0.1, -0.05) is 0 Å². The van der Waals surface area contributed by atoms with Gasteiger partial charge in [0.05, 0.1) is 11.3 Å². The highest BCUT2D eigenvalue weighted by molar-refractivity contribution is 5.88. The Morgan fingerprint density at radius 2 is 2.06 bits per heavy atom. The van der Waals surface area contributed by atoms with E-state index < -0.39 is 23.2 Å². The van der Waals surface area contributed by atoms with Crippen LogP contribution in [0, 0.1) is 11.6 Å². The van der Waals surface area contributed by atoms with Crippen LogP contribution in [0.25, 0.3) is 0 Å². The van der Waals surface area contributed by atoms with Crippen LogP contribution >= 0.6 is 0 Å². The smallest absolute Gasteiger partial charge is 0.338 e. The predicted molar refractivity (Wildman–Crippen MR) is 53.3 cm³/mol. The fourth-order valence-corrected chi connectivity index (χ4v) is 1.41. The van der Waals surface area contributed by atoms with Crippen LogP contribution in [0.15, 0.2) is 12.1 Å². The van der Waals surface area contributed by atoms with E-state index in [1.165, 1.54) is 6.07 Å². The molecule has 1 saturated carbocycles. The van der Waals surface area contributed by atoms with Crippen molar-refractivity contribution in [3.8, 4) is 0 Å². The van der Waals surface area contributed by atoms with Crippen LogP contribution in [0.2, 0.25) is 0 Å². The number of carboxylic acid groups (broad SMARTS) is 1. The summed E-state index contributed by atoms with van der Waals surface area (Å²) in [5.41, 5.74) is 4.77. The molecule has 6 heteroatoms. The largest absolute Gasteiger partial charge is 0.478 e. The molecule has 1 aromatic rings. The maximum atomic E-state index is 13.4. The van der Waals surface area contributed by atoms with Gasteiger partial charge < -0.3 is 16.2 Å². The number of carbonyl (C=O) groups is 1. The van der Waals surface area contributed by atoms with E-state index >= 15 is 0 Å². The zero-order chi connectivity index (χ0) is 11.9. The first kappa shape index (κ1) is 10.8. The molecule has 0 amide bonds. The standard InChI is InChI=1S/C10H10F2N2O2/c11-8-4(10(15)16)1-2-6(9(8)12)14-7-3-5(7)13/h1-2,5,7,14H,3,13H2,(H,15,16). The second-order valence-corrected chi connectivity index (χ2v) is 3.74. The first-order valence-corrected chi connectivity index (χ1v) is 4.74. The number of halogens is 2. The molecule has 0 bridgehead atoms. The molecule has 2 atom stereocenters. The molecule has 0 saturated heterocycles. The second kappa shape index (κ2) is 3.71.